The maximum atomic E-state index is 5.65. The van der Waals surface area contributed by atoms with Gasteiger partial charge in [-0.3, -0.25) is 4.98 Å². The smallest absolute Gasteiger partial charge is 0.138 e. The molecule has 0 aliphatic rings. The van der Waals surface area contributed by atoms with Crippen LogP contribution in [-0.2, 0) is 11.9 Å². The van der Waals surface area contributed by atoms with Crippen molar-refractivity contribution in [2.24, 2.45) is 0 Å². The van der Waals surface area contributed by atoms with Crippen LogP contribution >= 0.6 is 15.9 Å². The molecule has 1 aromatic carbocycles. The number of hydrogen-bond acceptors (Lipinski definition) is 2. The largest absolute Gasteiger partial charge is 0.487 e. The average Bonchev–Trinajstić information content (AvgIpc) is 2.39. The van der Waals surface area contributed by atoms with Crippen LogP contribution in [0.5, 0.6) is 5.75 Å². The van der Waals surface area contributed by atoms with Crippen molar-refractivity contribution in [3.63, 3.8) is 0 Å². The molecule has 0 N–H and O–H groups in total. The van der Waals surface area contributed by atoms with Crippen LogP contribution in [0.25, 0.3) is 0 Å². The second-order valence-corrected chi connectivity index (χ2v) is 4.45. The fourth-order valence-electron chi connectivity index (χ4n) is 1.43. The highest BCUT2D eigenvalue weighted by molar-refractivity contribution is 9.08. The molecule has 0 saturated heterocycles. The van der Waals surface area contributed by atoms with Gasteiger partial charge in [-0.2, -0.15) is 0 Å². The second-order valence-electron chi connectivity index (χ2n) is 3.89. The highest BCUT2D eigenvalue weighted by atomic mass is 79.9. The van der Waals surface area contributed by atoms with E-state index >= 15 is 0 Å². The molecule has 2 nitrogen and oxygen atoms in total. The van der Waals surface area contributed by atoms with Crippen molar-refractivity contribution in [3.8, 4) is 5.75 Å². The van der Waals surface area contributed by atoms with Crippen LogP contribution in [0.1, 0.15) is 16.8 Å². The van der Waals surface area contributed by atoms with Gasteiger partial charge in [0, 0.05) is 5.33 Å². The minimum Gasteiger partial charge on any atom is -0.487 e. The number of aryl methyl sites for hydroxylation is 1. The van der Waals surface area contributed by atoms with E-state index in [1.165, 1.54) is 11.1 Å². The van der Waals surface area contributed by atoms with Crippen LogP contribution in [0.4, 0.5) is 0 Å². The average molecular weight is 292 g/mol. The third-order valence-electron chi connectivity index (χ3n) is 2.46. The lowest BCUT2D eigenvalue weighted by atomic mass is 10.2. The summed E-state index contributed by atoms with van der Waals surface area (Å²) in [6.07, 6.45) is 1.75. The maximum Gasteiger partial charge on any atom is 0.138 e. The second kappa shape index (κ2) is 5.82. The maximum absolute atomic E-state index is 5.65. The first-order chi connectivity index (χ1) is 8.28. The third-order valence-corrected chi connectivity index (χ3v) is 3.04. The van der Waals surface area contributed by atoms with Crippen molar-refractivity contribution in [2.45, 2.75) is 18.9 Å². The van der Waals surface area contributed by atoms with E-state index < -0.39 is 0 Å². The monoisotopic (exact) mass is 291 g/mol. The van der Waals surface area contributed by atoms with Gasteiger partial charge < -0.3 is 4.74 Å². The van der Waals surface area contributed by atoms with E-state index in [0.29, 0.717) is 6.61 Å². The topological polar surface area (TPSA) is 22.1 Å². The van der Waals surface area contributed by atoms with Crippen LogP contribution < -0.4 is 4.74 Å². The Morgan fingerprint density at radius 2 is 1.88 bits per heavy atom. The molecule has 0 aliphatic carbocycles. The molecule has 3 heteroatoms. The molecule has 0 radical (unpaired) electrons. The van der Waals surface area contributed by atoms with Crippen molar-refractivity contribution in [2.75, 3.05) is 0 Å². The first-order valence-corrected chi connectivity index (χ1v) is 6.59. The standard InChI is InChI=1S/C14H14BrNO/c1-11-2-4-12(5-3-11)10-17-14-7-6-13(8-15)16-9-14/h2-7,9H,8,10H2,1H3. The molecule has 2 aromatic rings. The molecule has 0 bridgehead atoms. The Morgan fingerprint density at radius 3 is 2.47 bits per heavy atom. The molecule has 0 aliphatic heterocycles. The molecule has 2 rings (SSSR count). The van der Waals surface area contributed by atoms with E-state index in [1.807, 2.05) is 12.1 Å². The summed E-state index contributed by atoms with van der Waals surface area (Å²) in [5, 5.41) is 0.769. The zero-order chi connectivity index (χ0) is 12.1. The van der Waals surface area contributed by atoms with Gasteiger partial charge in [0.05, 0.1) is 11.9 Å². The minimum absolute atomic E-state index is 0.579. The van der Waals surface area contributed by atoms with E-state index in [2.05, 4.69) is 52.1 Å². The van der Waals surface area contributed by atoms with Gasteiger partial charge in [0.25, 0.3) is 0 Å². The van der Waals surface area contributed by atoms with Gasteiger partial charge in [-0.25, -0.2) is 0 Å². The molecular weight excluding hydrogens is 278 g/mol. The Labute approximate surface area is 110 Å². The van der Waals surface area contributed by atoms with Crippen LogP contribution in [0, 0.1) is 6.92 Å². The zero-order valence-electron chi connectivity index (χ0n) is 9.69. The highest BCUT2D eigenvalue weighted by Gasteiger charge is 1.97. The Bertz CT molecular complexity index is 465. The summed E-state index contributed by atoms with van der Waals surface area (Å²) in [5.41, 5.74) is 3.44. The van der Waals surface area contributed by atoms with Gasteiger partial charge >= 0.3 is 0 Å². The number of pyridine rings is 1. The van der Waals surface area contributed by atoms with Crippen LogP contribution in [0.3, 0.4) is 0 Å². The quantitative estimate of drug-likeness (QED) is 0.798. The molecular formula is C14H14BrNO. The Balaban J connectivity index is 1.95. The Hall–Kier alpha value is -1.35. The summed E-state index contributed by atoms with van der Waals surface area (Å²) >= 11 is 3.36. The number of hydrogen-bond donors (Lipinski definition) is 0. The molecule has 0 amide bonds. The van der Waals surface area contributed by atoms with Gasteiger partial charge in [-0.15, -0.1) is 0 Å². The number of aromatic nitrogens is 1. The van der Waals surface area contributed by atoms with Crippen molar-refractivity contribution >= 4 is 15.9 Å². The van der Waals surface area contributed by atoms with E-state index in [-0.39, 0.29) is 0 Å². The first kappa shape index (κ1) is 12.1. The summed E-state index contributed by atoms with van der Waals surface area (Å²) in [6, 6.07) is 12.2. The molecule has 0 spiro atoms. The van der Waals surface area contributed by atoms with Gasteiger partial charge in [0.1, 0.15) is 12.4 Å². The number of benzene rings is 1. The van der Waals surface area contributed by atoms with Gasteiger partial charge in [-0.1, -0.05) is 45.8 Å². The molecule has 0 fully saturated rings. The van der Waals surface area contributed by atoms with Crippen LogP contribution in [0.2, 0.25) is 0 Å². The predicted octanol–water partition coefficient (Wildman–Crippen LogP) is 3.86. The first-order valence-electron chi connectivity index (χ1n) is 5.47. The molecule has 1 aromatic heterocycles. The zero-order valence-corrected chi connectivity index (χ0v) is 11.3. The highest BCUT2D eigenvalue weighted by Crippen LogP contribution is 2.13. The number of halogens is 1. The number of alkyl halides is 1. The summed E-state index contributed by atoms with van der Waals surface area (Å²) in [6.45, 7) is 2.66. The minimum atomic E-state index is 0.579. The van der Waals surface area contributed by atoms with E-state index in [9.17, 15) is 0 Å². The lowest BCUT2D eigenvalue weighted by Gasteiger charge is -2.06. The lowest BCUT2D eigenvalue weighted by molar-refractivity contribution is 0.305. The molecule has 88 valence electrons. The van der Waals surface area contributed by atoms with Crippen molar-refractivity contribution in [3.05, 3.63) is 59.4 Å². The molecule has 0 atom stereocenters. The van der Waals surface area contributed by atoms with Crippen molar-refractivity contribution < 1.29 is 4.74 Å². The van der Waals surface area contributed by atoms with Gasteiger partial charge in [0.2, 0.25) is 0 Å². The van der Waals surface area contributed by atoms with Gasteiger partial charge in [-0.05, 0) is 24.6 Å². The Kier molecular flexibility index (Phi) is 4.15. The third kappa shape index (κ3) is 3.56. The number of rotatable bonds is 4. The van der Waals surface area contributed by atoms with Crippen molar-refractivity contribution in [1.29, 1.82) is 0 Å². The van der Waals surface area contributed by atoms with Gasteiger partial charge in [0.15, 0.2) is 0 Å². The fourth-order valence-corrected chi connectivity index (χ4v) is 1.76. The van der Waals surface area contributed by atoms with Crippen LogP contribution in [-0.4, -0.2) is 4.98 Å². The van der Waals surface area contributed by atoms with E-state index in [1.54, 1.807) is 6.20 Å². The molecule has 0 saturated carbocycles. The van der Waals surface area contributed by atoms with Crippen LogP contribution in [0.15, 0.2) is 42.6 Å². The molecule has 17 heavy (non-hydrogen) atoms. The van der Waals surface area contributed by atoms with Crippen molar-refractivity contribution in [1.82, 2.24) is 4.98 Å². The lowest BCUT2D eigenvalue weighted by Crippen LogP contribution is -1.96. The number of ether oxygens (including phenoxy) is 1. The molecule has 1 heterocycles. The fraction of sp³-hybridized carbons (Fsp3) is 0.214. The summed E-state index contributed by atoms with van der Waals surface area (Å²) in [4.78, 5) is 4.25. The Morgan fingerprint density at radius 1 is 1.12 bits per heavy atom. The summed E-state index contributed by atoms with van der Waals surface area (Å²) < 4.78 is 5.65. The SMILES string of the molecule is Cc1ccc(COc2ccc(CBr)nc2)cc1. The van der Waals surface area contributed by atoms with E-state index in [0.717, 1.165) is 16.8 Å². The van der Waals surface area contributed by atoms with E-state index in [4.69, 9.17) is 4.74 Å². The number of nitrogens with zero attached hydrogens (tertiary/aromatic N) is 1. The summed E-state index contributed by atoms with van der Waals surface area (Å²) in [7, 11) is 0. The predicted molar refractivity (Wildman–Crippen MR) is 72.4 cm³/mol. The summed E-state index contributed by atoms with van der Waals surface area (Å²) in [5.74, 6) is 0.801. The normalized spacial score (nSPS) is 10.2. The molecule has 0 unspecified atom stereocenters.